The van der Waals surface area contributed by atoms with Gasteiger partial charge in [0.25, 0.3) is 0 Å². The number of anilines is 3. The molecular weight excluding hydrogens is 576 g/mol. The van der Waals surface area contributed by atoms with Gasteiger partial charge in [-0.1, -0.05) is 35.9 Å². The van der Waals surface area contributed by atoms with Crippen LogP contribution in [0.4, 0.5) is 17.1 Å². The Bertz CT molecular complexity index is 1850. The molecule has 0 fully saturated rings. The van der Waals surface area contributed by atoms with Gasteiger partial charge in [0.2, 0.25) is 5.91 Å². The maximum absolute atomic E-state index is 12.8. The van der Waals surface area contributed by atoms with Crippen molar-refractivity contribution >= 4 is 56.4 Å². The van der Waals surface area contributed by atoms with Gasteiger partial charge >= 0.3 is 0 Å². The Morgan fingerprint density at radius 1 is 1.02 bits per heavy atom. The van der Waals surface area contributed by atoms with Crippen molar-refractivity contribution in [1.82, 2.24) is 14.9 Å². The van der Waals surface area contributed by atoms with E-state index in [0.717, 1.165) is 29.6 Å². The van der Waals surface area contributed by atoms with Crippen molar-refractivity contribution in [1.29, 1.82) is 5.26 Å². The summed E-state index contributed by atoms with van der Waals surface area (Å²) in [6.07, 6.45) is 2.60. The maximum atomic E-state index is 12.8. The van der Waals surface area contributed by atoms with Crippen LogP contribution in [0.25, 0.3) is 21.8 Å². The van der Waals surface area contributed by atoms with Crippen molar-refractivity contribution in [3.8, 4) is 17.6 Å². The summed E-state index contributed by atoms with van der Waals surface area (Å²) in [5.74, 6) is 0.898. The minimum Gasteiger partial charge on any atom is -0.492 e. The van der Waals surface area contributed by atoms with Crippen LogP contribution in [0, 0.1) is 11.3 Å². The van der Waals surface area contributed by atoms with Gasteiger partial charge in [0.1, 0.15) is 24.2 Å². The second kappa shape index (κ2) is 14.0. The van der Waals surface area contributed by atoms with Crippen LogP contribution in [0.1, 0.15) is 31.0 Å². The largest absolute Gasteiger partial charge is 0.492 e. The Morgan fingerprint density at radius 2 is 1.86 bits per heavy atom. The fourth-order valence-corrected chi connectivity index (χ4v) is 5.00. The Hall–Kier alpha value is -4.91. The molecule has 5 rings (SSSR count). The van der Waals surface area contributed by atoms with Gasteiger partial charge in [-0.05, 0) is 70.4 Å². The number of hydrogen-bond acceptors (Lipinski definition) is 8. The van der Waals surface area contributed by atoms with E-state index in [4.69, 9.17) is 21.1 Å². The molecule has 9 nitrogen and oxygen atoms in total. The van der Waals surface area contributed by atoms with Gasteiger partial charge in [-0.15, -0.1) is 0 Å². The number of nitriles is 1. The summed E-state index contributed by atoms with van der Waals surface area (Å²) in [5.41, 5.74) is 4.33. The van der Waals surface area contributed by atoms with Crippen molar-refractivity contribution in [2.45, 2.75) is 26.4 Å². The van der Waals surface area contributed by atoms with E-state index in [2.05, 4.69) is 26.7 Å². The fraction of sp³-hybridized carbons (Fsp3) is 0.235. The highest BCUT2D eigenvalue weighted by molar-refractivity contribution is 6.32. The number of benzene rings is 3. The van der Waals surface area contributed by atoms with E-state index in [1.165, 1.54) is 6.20 Å². The molecule has 3 aromatic carbocycles. The molecule has 0 aliphatic carbocycles. The fourth-order valence-electron chi connectivity index (χ4n) is 4.76. The van der Waals surface area contributed by atoms with Gasteiger partial charge in [-0.3, -0.25) is 9.78 Å². The van der Waals surface area contributed by atoms with E-state index in [0.29, 0.717) is 63.1 Å². The van der Waals surface area contributed by atoms with Gasteiger partial charge in [0.05, 0.1) is 45.3 Å². The van der Waals surface area contributed by atoms with Crippen LogP contribution in [-0.4, -0.2) is 48.0 Å². The summed E-state index contributed by atoms with van der Waals surface area (Å²) in [7, 11) is 3.94. The van der Waals surface area contributed by atoms with Crippen LogP contribution in [-0.2, 0) is 11.4 Å². The van der Waals surface area contributed by atoms with Crippen LogP contribution >= 0.6 is 11.6 Å². The first-order valence-corrected chi connectivity index (χ1v) is 14.7. The number of amides is 1. The van der Waals surface area contributed by atoms with E-state index < -0.39 is 0 Å². The molecule has 2 aromatic heterocycles. The van der Waals surface area contributed by atoms with Crippen LogP contribution in [0.3, 0.4) is 0 Å². The lowest BCUT2D eigenvalue weighted by molar-refractivity contribution is -0.116. The zero-order valence-electron chi connectivity index (χ0n) is 24.9. The van der Waals surface area contributed by atoms with Crippen molar-refractivity contribution in [2.75, 3.05) is 37.9 Å². The molecule has 10 heteroatoms. The number of halogens is 1. The van der Waals surface area contributed by atoms with E-state index in [-0.39, 0.29) is 12.5 Å². The number of para-hydroxylation sites is 1. The summed E-state index contributed by atoms with van der Waals surface area (Å²) >= 11 is 6.62. The molecule has 2 N–H and O–H groups in total. The number of carbonyl (C=O) groups excluding carboxylic acids is 1. The van der Waals surface area contributed by atoms with Crippen LogP contribution < -0.4 is 20.1 Å². The van der Waals surface area contributed by atoms with Crippen molar-refractivity contribution in [3.63, 3.8) is 0 Å². The first-order valence-electron chi connectivity index (χ1n) is 14.3. The lowest BCUT2D eigenvalue weighted by Gasteiger charge is -2.17. The molecular formula is C34H33ClN6O3. The van der Waals surface area contributed by atoms with Gasteiger partial charge in [-0.2, -0.15) is 5.26 Å². The van der Waals surface area contributed by atoms with E-state index in [9.17, 15) is 10.1 Å². The molecule has 44 heavy (non-hydrogen) atoms. The van der Waals surface area contributed by atoms with Crippen LogP contribution in [0.5, 0.6) is 11.5 Å². The molecule has 0 spiro atoms. The van der Waals surface area contributed by atoms with E-state index >= 15 is 0 Å². The molecule has 1 amide bonds. The predicted octanol–water partition coefficient (Wildman–Crippen LogP) is 7.31. The molecule has 0 aliphatic rings. The highest BCUT2D eigenvalue weighted by Gasteiger charge is 2.16. The summed E-state index contributed by atoms with van der Waals surface area (Å²) in [5, 5.41) is 18.3. The normalized spacial score (nSPS) is 11.0. The molecule has 224 valence electrons. The SMILES string of the molecule is CCOc1cc2ncc(C#N)c(Nc3ccc(OCc4ccc5ccccc5n4)c(Cl)c3)c2cc1NC(=O)CCCN(C)C. The lowest BCUT2D eigenvalue weighted by Crippen LogP contribution is -2.17. The third kappa shape index (κ3) is 7.35. The Balaban J connectivity index is 1.38. The van der Waals surface area contributed by atoms with Gasteiger partial charge in [0, 0.05) is 35.1 Å². The second-order valence-corrected chi connectivity index (χ2v) is 10.9. The number of ether oxygens (including phenoxy) is 2. The topological polar surface area (TPSA) is 112 Å². The number of nitrogens with zero attached hydrogens (tertiary/aromatic N) is 4. The summed E-state index contributed by atoms with van der Waals surface area (Å²) in [6.45, 7) is 3.36. The summed E-state index contributed by atoms with van der Waals surface area (Å²) < 4.78 is 11.8. The van der Waals surface area contributed by atoms with Gasteiger partial charge in [-0.25, -0.2) is 4.98 Å². The Labute approximate surface area is 261 Å². The Kier molecular flexibility index (Phi) is 9.75. The van der Waals surface area contributed by atoms with Gasteiger partial charge in [0.15, 0.2) is 0 Å². The maximum Gasteiger partial charge on any atom is 0.224 e. The number of nitrogens with one attached hydrogen (secondary N) is 2. The first-order chi connectivity index (χ1) is 21.3. The average Bonchev–Trinajstić information content (AvgIpc) is 3.01. The minimum absolute atomic E-state index is 0.118. The number of pyridine rings is 2. The standard InChI is InChI=1S/C34H33ClN6O3/c1-4-43-32-18-29-26(17-30(32)40-33(42)10-7-15-41(2)3)34(23(19-36)20-37-29)39-24-13-14-31(27(35)16-24)44-21-25-12-11-22-8-5-6-9-28(22)38-25/h5-6,8-9,11-14,16-18,20H,4,7,10,15,21H2,1-3H3,(H,37,39)(H,40,42). The van der Waals surface area contributed by atoms with E-state index in [1.807, 2.05) is 68.4 Å². The predicted molar refractivity (Wildman–Crippen MR) is 175 cm³/mol. The van der Waals surface area contributed by atoms with Crippen molar-refractivity contribution in [3.05, 3.63) is 89.2 Å². The monoisotopic (exact) mass is 608 g/mol. The number of hydrogen-bond donors (Lipinski definition) is 2. The van der Waals surface area contributed by atoms with E-state index in [1.54, 1.807) is 24.3 Å². The molecule has 0 aliphatic heterocycles. The molecule has 0 saturated heterocycles. The molecule has 5 aromatic rings. The Morgan fingerprint density at radius 3 is 2.64 bits per heavy atom. The number of rotatable bonds is 12. The number of fused-ring (bicyclic) bond motifs is 2. The molecule has 0 unspecified atom stereocenters. The number of carbonyl (C=O) groups is 1. The quantitative estimate of drug-likeness (QED) is 0.152. The molecule has 0 bridgehead atoms. The van der Waals surface area contributed by atoms with Crippen LogP contribution in [0.15, 0.2) is 72.9 Å². The highest BCUT2D eigenvalue weighted by Crippen LogP contribution is 2.37. The minimum atomic E-state index is -0.118. The van der Waals surface area contributed by atoms with Crippen molar-refractivity contribution in [2.24, 2.45) is 0 Å². The van der Waals surface area contributed by atoms with Gasteiger partial charge < -0.3 is 25.0 Å². The van der Waals surface area contributed by atoms with Crippen molar-refractivity contribution < 1.29 is 14.3 Å². The third-order valence-electron chi connectivity index (χ3n) is 6.91. The van der Waals surface area contributed by atoms with Crippen LogP contribution in [0.2, 0.25) is 5.02 Å². The molecule has 0 atom stereocenters. The first kappa shape index (κ1) is 30.5. The third-order valence-corrected chi connectivity index (χ3v) is 7.20. The smallest absolute Gasteiger partial charge is 0.224 e. The second-order valence-electron chi connectivity index (χ2n) is 10.5. The average molecular weight is 609 g/mol. The summed E-state index contributed by atoms with van der Waals surface area (Å²) in [4.78, 5) is 23.9. The lowest BCUT2D eigenvalue weighted by atomic mass is 10.1. The zero-order valence-corrected chi connectivity index (χ0v) is 25.6. The molecule has 0 saturated carbocycles. The zero-order chi connectivity index (χ0) is 31.1. The molecule has 2 heterocycles. The number of aromatic nitrogens is 2. The summed E-state index contributed by atoms with van der Waals surface area (Å²) in [6, 6.07) is 23.0. The molecule has 0 radical (unpaired) electrons. The highest BCUT2D eigenvalue weighted by atomic mass is 35.5.